The first kappa shape index (κ1) is 73.9. The first-order valence-electron chi connectivity index (χ1n) is 34.4. The number of carbonyl (C=O) groups is 5. The van der Waals surface area contributed by atoms with Gasteiger partial charge in [-0.05, 0) is 157 Å². The third kappa shape index (κ3) is 38.4. The second-order valence-electron chi connectivity index (χ2n) is 24.5. The van der Waals surface area contributed by atoms with Crippen molar-refractivity contribution in [1.82, 2.24) is 9.80 Å². The summed E-state index contributed by atoms with van der Waals surface area (Å²) in [7, 11) is 3.97. The predicted octanol–water partition coefficient (Wildman–Crippen LogP) is 17.6. The third-order valence-electron chi connectivity index (χ3n) is 17.1. The first-order valence-corrected chi connectivity index (χ1v) is 36.9. The van der Waals surface area contributed by atoms with Crippen molar-refractivity contribution in [3.63, 3.8) is 0 Å². The van der Waals surface area contributed by atoms with Crippen molar-refractivity contribution in [2.24, 2.45) is 11.8 Å². The average Bonchev–Trinajstić information content (AvgIpc) is 3.53. The Morgan fingerprint density at radius 2 is 0.753 bits per heavy atom. The van der Waals surface area contributed by atoms with Gasteiger partial charge in [0, 0.05) is 43.9 Å². The monoisotopic (exact) mass is 1220 g/mol. The number of ether oxygens (including phenoxy) is 5. The van der Waals surface area contributed by atoms with Gasteiger partial charge in [0.15, 0.2) is 0 Å². The molecule has 2 aromatic carbocycles. The van der Waals surface area contributed by atoms with E-state index in [9.17, 15) is 24.0 Å². The number of likely N-dealkylation sites (tertiary alicyclic amines) is 2. The van der Waals surface area contributed by atoms with Crippen LogP contribution >= 0.6 is 21.6 Å². The van der Waals surface area contributed by atoms with Gasteiger partial charge < -0.3 is 33.5 Å². The lowest BCUT2D eigenvalue weighted by Crippen LogP contribution is -2.36. The normalized spacial score (nSPS) is 14.4. The van der Waals surface area contributed by atoms with Crippen molar-refractivity contribution in [2.45, 2.75) is 271 Å². The summed E-state index contributed by atoms with van der Waals surface area (Å²) in [5.74, 6) is 3.48. The van der Waals surface area contributed by atoms with Crippen molar-refractivity contribution < 1.29 is 47.7 Å². The molecule has 2 saturated heterocycles. The zero-order valence-corrected chi connectivity index (χ0v) is 55.2. The van der Waals surface area contributed by atoms with Crippen LogP contribution in [0.3, 0.4) is 0 Å². The highest BCUT2D eigenvalue weighted by atomic mass is 33.1. The fourth-order valence-electron chi connectivity index (χ4n) is 11.6. The van der Waals surface area contributed by atoms with E-state index in [4.69, 9.17) is 23.7 Å². The number of carbonyl (C=O) groups excluding carboxylic acids is 5. The Bertz CT molecular complexity index is 2010. The van der Waals surface area contributed by atoms with E-state index in [2.05, 4.69) is 30.6 Å². The van der Waals surface area contributed by atoms with Gasteiger partial charge in [0.05, 0.1) is 26.1 Å². The smallest absolute Gasteiger partial charge is 0.311 e. The summed E-state index contributed by atoms with van der Waals surface area (Å²) in [5, 5.41) is 0. The topological polar surface area (TPSA) is 138 Å². The molecule has 0 atom stereocenters. The summed E-state index contributed by atoms with van der Waals surface area (Å²) in [6.45, 7) is 14.3. The summed E-state index contributed by atoms with van der Waals surface area (Å²) >= 11 is 0. The second kappa shape index (κ2) is 49.3. The van der Waals surface area contributed by atoms with E-state index in [1.807, 2.05) is 45.9 Å². The number of piperidine rings is 2. The number of unbranched alkanes of at least 4 members (excludes halogenated alkanes) is 21. The van der Waals surface area contributed by atoms with Gasteiger partial charge in [0.25, 0.3) is 0 Å². The van der Waals surface area contributed by atoms with Gasteiger partial charge in [-0.25, -0.2) is 0 Å². The molecule has 0 radical (unpaired) electrons. The maximum Gasteiger partial charge on any atom is 0.311 e. The van der Waals surface area contributed by atoms with Crippen LogP contribution < -0.4 is 9.47 Å². The summed E-state index contributed by atoms with van der Waals surface area (Å²) < 4.78 is 28.4. The molecule has 85 heavy (non-hydrogen) atoms. The summed E-state index contributed by atoms with van der Waals surface area (Å²) in [4.78, 5) is 68.0. The Hall–Kier alpha value is -3.59. The van der Waals surface area contributed by atoms with Crippen molar-refractivity contribution in [2.75, 3.05) is 64.0 Å². The number of rotatable bonds is 51. The molecule has 14 heteroatoms. The largest absolute Gasteiger partial charge is 0.465 e. The Balaban J connectivity index is 0.914. The number of hydrogen-bond donors (Lipinski definition) is 0. The molecule has 2 aromatic rings. The Morgan fingerprint density at radius 3 is 1.12 bits per heavy atom. The highest BCUT2D eigenvalue weighted by Gasteiger charge is 2.22. The van der Waals surface area contributed by atoms with Crippen LogP contribution in [0.2, 0.25) is 0 Å². The minimum Gasteiger partial charge on any atom is -0.465 e. The molecule has 0 aromatic heterocycles. The summed E-state index contributed by atoms with van der Waals surface area (Å²) in [6.07, 6.45) is 39.1. The zero-order valence-electron chi connectivity index (χ0n) is 53.6. The van der Waals surface area contributed by atoms with E-state index in [1.54, 1.807) is 24.3 Å². The Labute approximate surface area is 524 Å². The molecule has 12 nitrogen and oxygen atoms in total. The highest BCUT2D eigenvalue weighted by Crippen LogP contribution is 2.27. The molecule has 0 amide bonds. The van der Waals surface area contributed by atoms with Crippen LogP contribution in [0, 0.1) is 11.8 Å². The number of nitrogens with zero attached hydrogens (tertiary/aromatic N) is 2. The summed E-state index contributed by atoms with van der Waals surface area (Å²) in [6, 6.07) is 14.4. The van der Waals surface area contributed by atoms with Crippen LogP contribution in [-0.2, 0) is 51.0 Å². The van der Waals surface area contributed by atoms with E-state index >= 15 is 0 Å². The van der Waals surface area contributed by atoms with Gasteiger partial charge >= 0.3 is 29.8 Å². The van der Waals surface area contributed by atoms with Crippen molar-refractivity contribution >= 4 is 51.4 Å². The zero-order chi connectivity index (χ0) is 60.6. The van der Waals surface area contributed by atoms with Crippen molar-refractivity contribution in [3.05, 3.63) is 59.7 Å². The number of hydrogen-bond acceptors (Lipinski definition) is 14. The molecule has 0 aliphatic carbocycles. The van der Waals surface area contributed by atoms with Crippen LogP contribution in [0.15, 0.2) is 48.5 Å². The number of benzene rings is 2. The van der Waals surface area contributed by atoms with E-state index in [1.165, 1.54) is 103 Å². The molecule has 2 heterocycles. The Morgan fingerprint density at radius 1 is 0.424 bits per heavy atom. The van der Waals surface area contributed by atoms with Crippen LogP contribution in [0.4, 0.5) is 0 Å². The van der Waals surface area contributed by atoms with Crippen LogP contribution in [0.25, 0.3) is 0 Å². The molecule has 0 N–H and O–H groups in total. The van der Waals surface area contributed by atoms with Gasteiger partial charge in [-0.2, -0.15) is 0 Å². The first-order chi connectivity index (χ1) is 41.6. The molecule has 2 aliphatic heterocycles. The maximum atomic E-state index is 12.8. The number of esters is 5. The lowest BCUT2D eigenvalue weighted by atomic mass is 9.94. The van der Waals surface area contributed by atoms with E-state index in [-0.39, 0.29) is 48.8 Å². The van der Waals surface area contributed by atoms with Crippen molar-refractivity contribution in [1.29, 1.82) is 0 Å². The molecule has 0 bridgehead atoms. The molecule has 2 aliphatic rings. The third-order valence-corrected chi connectivity index (χ3v) is 19.5. The molecular formula is C71H116N2O10S2. The minimum absolute atomic E-state index is 0.0519. The SMILES string of the molecule is CCCCCCCCCCC(=O)Oc1ccc(CC(=O)OCCC2CCN(CCSSCCN3CCC(CCOC(=O)Cc4ccc(OC(=O)CCCCCCCC(=O)OC(CCCCCCCC)CCCCCCCC)cc4)CC3)CC2)cc1. The molecule has 0 saturated carbocycles. The molecule has 2 fully saturated rings. The molecular weight excluding hydrogens is 1100 g/mol. The highest BCUT2D eigenvalue weighted by molar-refractivity contribution is 8.76. The maximum absolute atomic E-state index is 12.8. The van der Waals surface area contributed by atoms with Crippen LogP contribution in [0.1, 0.15) is 263 Å². The summed E-state index contributed by atoms with van der Waals surface area (Å²) in [5.41, 5.74) is 1.69. The van der Waals surface area contributed by atoms with Gasteiger partial charge in [0.1, 0.15) is 17.6 Å². The predicted molar refractivity (Wildman–Crippen MR) is 351 cm³/mol. The van der Waals surface area contributed by atoms with Crippen LogP contribution in [-0.4, -0.2) is 110 Å². The van der Waals surface area contributed by atoms with E-state index in [0.29, 0.717) is 55.8 Å². The molecule has 4 rings (SSSR count). The second-order valence-corrected chi connectivity index (χ2v) is 27.2. The van der Waals surface area contributed by atoms with Gasteiger partial charge in [0.2, 0.25) is 0 Å². The van der Waals surface area contributed by atoms with E-state index < -0.39 is 0 Å². The fraction of sp³-hybridized carbons (Fsp3) is 0.761. The van der Waals surface area contributed by atoms with Gasteiger partial charge in [-0.3, -0.25) is 24.0 Å². The average molecular weight is 1220 g/mol. The van der Waals surface area contributed by atoms with Crippen LogP contribution in [0.5, 0.6) is 11.5 Å². The fourth-order valence-corrected chi connectivity index (χ4v) is 13.6. The Kier molecular flexibility index (Phi) is 42.9. The van der Waals surface area contributed by atoms with Crippen molar-refractivity contribution in [3.8, 4) is 11.5 Å². The quantitative estimate of drug-likeness (QED) is 0.0204. The lowest BCUT2D eigenvalue weighted by Gasteiger charge is -2.32. The molecule has 0 spiro atoms. The minimum atomic E-state index is -0.254. The standard InChI is InChI=1S/C71H116N2O10S2/c1-4-7-10-13-16-17-21-26-32-68(75)82-65-38-34-62(35-39-65)58-70(77)79-54-46-60-42-48-72(49-43-60)52-56-84-85-57-53-73-50-44-61(45-51-73)47-55-80-71(78)59-63-36-40-66(41-37-63)83-69(76)33-28-23-18-22-27-31-67(74)81-64(29-24-19-14-11-8-5-2)30-25-20-15-12-9-6-3/h34-41,60-61,64H,4-33,42-59H2,1-3H3. The van der Waals surface area contributed by atoms with Gasteiger partial charge in [-0.1, -0.05) is 195 Å². The lowest BCUT2D eigenvalue weighted by molar-refractivity contribution is -0.150. The molecule has 0 unspecified atom stereocenters. The van der Waals surface area contributed by atoms with E-state index in [0.717, 1.165) is 171 Å². The molecule has 482 valence electrons. The van der Waals surface area contributed by atoms with Gasteiger partial charge in [-0.15, -0.1) is 0 Å².